The number of ether oxygens (including phenoxy) is 1. The fourth-order valence-corrected chi connectivity index (χ4v) is 1.78. The number of methoxy groups -OCH3 is 1. The quantitative estimate of drug-likeness (QED) is 0.367. The number of nitrogens with two attached hydrogens (primary N) is 1. The summed E-state index contributed by atoms with van der Waals surface area (Å²) in [6.07, 6.45) is -4.67. The number of alkyl halides is 3. The van der Waals surface area contributed by atoms with Crippen LogP contribution in [0.2, 0.25) is 0 Å². The van der Waals surface area contributed by atoms with E-state index in [0.717, 1.165) is 12.1 Å². The molecule has 24 heavy (non-hydrogen) atoms. The summed E-state index contributed by atoms with van der Waals surface area (Å²) in [7, 11) is 1.39. The first-order chi connectivity index (χ1) is 11.2. The molecule has 0 aliphatic rings. The van der Waals surface area contributed by atoms with Crippen LogP contribution in [0, 0.1) is 10.1 Å². The Balaban J connectivity index is 2.65. The average molecular weight is 350 g/mol. The van der Waals surface area contributed by atoms with Gasteiger partial charge in [-0.3, -0.25) is 14.9 Å². The Labute approximate surface area is 135 Å². The van der Waals surface area contributed by atoms with E-state index in [1.165, 1.54) is 7.11 Å². The molecule has 11 heteroatoms. The van der Waals surface area contributed by atoms with Gasteiger partial charge in [-0.25, -0.2) is 0 Å². The fraction of sp³-hybridized carbons (Fsp3) is 0.462. The van der Waals surface area contributed by atoms with Gasteiger partial charge in [0, 0.05) is 26.3 Å². The van der Waals surface area contributed by atoms with E-state index in [1.807, 2.05) is 0 Å². The zero-order valence-corrected chi connectivity index (χ0v) is 12.7. The van der Waals surface area contributed by atoms with Crippen LogP contribution in [0.4, 0.5) is 24.5 Å². The highest BCUT2D eigenvalue weighted by molar-refractivity contribution is 5.81. The number of anilines is 1. The number of carbonyl (C=O) groups is 1. The summed E-state index contributed by atoms with van der Waals surface area (Å²) in [4.78, 5) is 21.5. The normalized spacial score (nSPS) is 12.5. The van der Waals surface area contributed by atoms with Gasteiger partial charge < -0.3 is 21.1 Å². The molecule has 0 aromatic heterocycles. The van der Waals surface area contributed by atoms with Crippen LogP contribution >= 0.6 is 0 Å². The molecule has 4 N–H and O–H groups in total. The number of benzene rings is 1. The van der Waals surface area contributed by atoms with Crippen LogP contribution in [0.5, 0.6) is 0 Å². The van der Waals surface area contributed by atoms with Crippen molar-refractivity contribution >= 4 is 17.3 Å². The molecule has 8 nitrogen and oxygen atoms in total. The second-order valence-electron chi connectivity index (χ2n) is 4.77. The Morgan fingerprint density at radius 1 is 1.42 bits per heavy atom. The van der Waals surface area contributed by atoms with E-state index in [-0.39, 0.29) is 25.4 Å². The summed E-state index contributed by atoms with van der Waals surface area (Å²) in [5.41, 5.74) is 3.59. The predicted molar refractivity (Wildman–Crippen MR) is 79.4 cm³/mol. The van der Waals surface area contributed by atoms with E-state index in [2.05, 4.69) is 10.6 Å². The number of nitrogens with one attached hydrogen (secondary N) is 2. The van der Waals surface area contributed by atoms with E-state index >= 15 is 0 Å². The summed E-state index contributed by atoms with van der Waals surface area (Å²) in [6.45, 7) is 0.176. The standard InChI is InChI=1S/C13H17F3N4O4/c1-24-7-9(17)12(21)19-5-4-18-10-3-2-8(13(14,15)16)6-11(10)20(22)23/h2-3,6,9,18H,4-5,7,17H2,1H3,(H,19,21). The van der Waals surface area contributed by atoms with Crippen LogP contribution < -0.4 is 16.4 Å². The highest BCUT2D eigenvalue weighted by Crippen LogP contribution is 2.34. The number of amides is 1. The molecule has 0 aliphatic carbocycles. The van der Waals surface area contributed by atoms with E-state index in [4.69, 9.17) is 10.5 Å². The fourth-order valence-electron chi connectivity index (χ4n) is 1.78. The minimum atomic E-state index is -4.67. The van der Waals surface area contributed by atoms with Crippen LogP contribution in [0.25, 0.3) is 0 Å². The van der Waals surface area contributed by atoms with E-state index in [0.29, 0.717) is 6.07 Å². The third-order valence-corrected chi connectivity index (χ3v) is 2.94. The van der Waals surface area contributed by atoms with Crippen molar-refractivity contribution < 1.29 is 27.6 Å². The van der Waals surface area contributed by atoms with Crippen LogP contribution in [0.3, 0.4) is 0 Å². The summed E-state index contributed by atoms with van der Waals surface area (Å²) < 4.78 is 42.5. The molecule has 0 radical (unpaired) electrons. The van der Waals surface area contributed by atoms with E-state index in [9.17, 15) is 28.1 Å². The minimum Gasteiger partial charge on any atom is -0.383 e. The molecule has 1 rings (SSSR count). The van der Waals surface area contributed by atoms with Gasteiger partial charge in [0.05, 0.1) is 17.1 Å². The SMILES string of the molecule is COCC(N)C(=O)NCCNc1ccc(C(F)(F)F)cc1[N+](=O)[O-]. The zero-order valence-electron chi connectivity index (χ0n) is 12.7. The number of carbonyl (C=O) groups excluding carboxylic acids is 1. The van der Waals surface area contributed by atoms with Crippen molar-refractivity contribution in [3.05, 3.63) is 33.9 Å². The van der Waals surface area contributed by atoms with Gasteiger partial charge in [0.1, 0.15) is 11.7 Å². The Kier molecular flexibility index (Phi) is 6.92. The minimum absolute atomic E-state index is 0.0314. The third kappa shape index (κ3) is 5.66. The summed E-state index contributed by atoms with van der Waals surface area (Å²) in [6, 6.07) is 1.31. The van der Waals surface area contributed by atoms with Gasteiger partial charge >= 0.3 is 6.18 Å². The molecule has 0 saturated carbocycles. The first-order valence-electron chi connectivity index (χ1n) is 6.78. The number of halogens is 3. The molecule has 1 aromatic rings. The van der Waals surface area contributed by atoms with Gasteiger partial charge in [0.25, 0.3) is 5.69 Å². The highest BCUT2D eigenvalue weighted by Gasteiger charge is 2.32. The van der Waals surface area contributed by atoms with Gasteiger partial charge in [-0.1, -0.05) is 0 Å². The largest absolute Gasteiger partial charge is 0.416 e. The van der Waals surface area contributed by atoms with Crippen LogP contribution in [-0.4, -0.2) is 43.7 Å². The number of nitro groups is 1. The van der Waals surface area contributed by atoms with Crippen molar-refractivity contribution in [1.82, 2.24) is 5.32 Å². The van der Waals surface area contributed by atoms with Crippen LogP contribution in [0.1, 0.15) is 5.56 Å². The molecule has 0 aliphatic heterocycles. The number of rotatable bonds is 8. The number of hydrogen-bond donors (Lipinski definition) is 3. The molecular formula is C13H17F3N4O4. The average Bonchev–Trinajstić information content (AvgIpc) is 2.50. The third-order valence-electron chi connectivity index (χ3n) is 2.94. The van der Waals surface area contributed by atoms with Crippen LogP contribution in [-0.2, 0) is 15.7 Å². The second-order valence-corrected chi connectivity index (χ2v) is 4.77. The predicted octanol–water partition coefficient (Wildman–Crippen LogP) is 1.12. The molecule has 1 amide bonds. The Bertz CT molecular complexity index is 595. The first-order valence-corrected chi connectivity index (χ1v) is 6.78. The van der Waals surface area contributed by atoms with Gasteiger partial charge in [-0.2, -0.15) is 13.2 Å². The Morgan fingerprint density at radius 3 is 2.62 bits per heavy atom. The van der Waals surface area contributed by atoms with E-state index in [1.54, 1.807) is 0 Å². The van der Waals surface area contributed by atoms with Crippen molar-refractivity contribution in [2.45, 2.75) is 12.2 Å². The molecule has 0 heterocycles. The van der Waals surface area contributed by atoms with Gasteiger partial charge in [-0.05, 0) is 12.1 Å². The monoisotopic (exact) mass is 350 g/mol. The Hall–Kier alpha value is -2.40. The lowest BCUT2D eigenvalue weighted by Crippen LogP contribution is -2.44. The highest BCUT2D eigenvalue weighted by atomic mass is 19.4. The number of hydrogen-bond acceptors (Lipinski definition) is 6. The zero-order chi connectivity index (χ0) is 18.3. The van der Waals surface area contributed by atoms with Gasteiger partial charge in [-0.15, -0.1) is 0 Å². The van der Waals surface area contributed by atoms with Crippen molar-refractivity contribution in [1.29, 1.82) is 0 Å². The molecular weight excluding hydrogens is 333 g/mol. The van der Waals surface area contributed by atoms with Crippen molar-refractivity contribution in [3.63, 3.8) is 0 Å². The molecule has 1 unspecified atom stereocenters. The number of nitro benzene ring substituents is 1. The summed E-state index contributed by atoms with van der Waals surface area (Å²) in [5.74, 6) is -0.472. The molecule has 0 saturated heterocycles. The summed E-state index contributed by atoms with van der Waals surface area (Å²) in [5, 5.41) is 16.0. The molecule has 134 valence electrons. The van der Waals surface area contributed by atoms with Gasteiger partial charge in [0.15, 0.2) is 0 Å². The lowest BCUT2D eigenvalue weighted by atomic mass is 10.1. The van der Waals surface area contributed by atoms with Crippen molar-refractivity contribution in [3.8, 4) is 0 Å². The maximum Gasteiger partial charge on any atom is 0.416 e. The first kappa shape index (κ1) is 19.6. The van der Waals surface area contributed by atoms with Crippen molar-refractivity contribution in [2.75, 3.05) is 32.1 Å². The van der Waals surface area contributed by atoms with Crippen molar-refractivity contribution in [2.24, 2.45) is 5.73 Å². The molecule has 1 aromatic carbocycles. The van der Waals surface area contributed by atoms with E-state index < -0.39 is 34.3 Å². The second kappa shape index (κ2) is 8.45. The molecule has 0 spiro atoms. The summed E-state index contributed by atoms with van der Waals surface area (Å²) >= 11 is 0. The molecule has 0 fully saturated rings. The maximum atomic E-state index is 12.6. The lowest BCUT2D eigenvalue weighted by Gasteiger charge is -2.13. The lowest BCUT2D eigenvalue weighted by molar-refractivity contribution is -0.384. The smallest absolute Gasteiger partial charge is 0.383 e. The number of nitrogens with zero attached hydrogens (tertiary/aromatic N) is 1. The van der Waals surface area contributed by atoms with Crippen LogP contribution in [0.15, 0.2) is 18.2 Å². The topological polar surface area (TPSA) is 120 Å². The van der Waals surface area contributed by atoms with Gasteiger partial charge in [0.2, 0.25) is 5.91 Å². The molecule has 0 bridgehead atoms. The molecule has 1 atom stereocenters. The maximum absolute atomic E-state index is 12.6. The Morgan fingerprint density at radius 2 is 2.08 bits per heavy atom.